The first kappa shape index (κ1) is 19.6. The van der Waals surface area contributed by atoms with Gasteiger partial charge in [0.15, 0.2) is 11.5 Å². The average molecular weight is 407 g/mol. The molecule has 0 unspecified atom stereocenters. The zero-order valence-corrected chi connectivity index (χ0v) is 16.5. The first-order chi connectivity index (χ1) is 11.6. The predicted octanol–water partition coefficient (Wildman–Crippen LogP) is 1.62. The molecule has 0 saturated heterocycles. The Morgan fingerprint density at radius 3 is 2.24 bits per heavy atom. The smallest absolute Gasteiger partial charge is 0.256 e. The van der Waals surface area contributed by atoms with Gasteiger partial charge in [-0.3, -0.25) is 0 Å². The SMILES string of the molecule is COc1ccc(S(=O)(=O)N(Cc2csc(C)n2)S(C)(=O)=O)cc1OC. The van der Waals surface area contributed by atoms with Crippen molar-refractivity contribution in [2.45, 2.75) is 18.4 Å². The average Bonchev–Trinajstić information content (AvgIpc) is 2.96. The van der Waals surface area contributed by atoms with Crippen LogP contribution in [-0.2, 0) is 26.6 Å². The van der Waals surface area contributed by atoms with Crippen LogP contribution in [0.2, 0.25) is 0 Å². The van der Waals surface area contributed by atoms with Gasteiger partial charge in [0.25, 0.3) is 10.0 Å². The molecule has 2 aromatic rings. The summed E-state index contributed by atoms with van der Waals surface area (Å²) in [6.45, 7) is 1.38. The number of hydrogen-bond donors (Lipinski definition) is 0. The van der Waals surface area contributed by atoms with Crippen molar-refractivity contribution >= 4 is 31.4 Å². The Kier molecular flexibility index (Phi) is 5.72. The Morgan fingerprint density at radius 1 is 1.12 bits per heavy atom. The van der Waals surface area contributed by atoms with Crippen LogP contribution in [0, 0.1) is 6.92 Å². The summed E-state index contributed by atoms with van der Waals surface area (Å²) in [5.74, 6) is 0.518. The number of nitrogens with zero attached hydrogens (tertiary/aromatic N) is 2. The maximum Gasteiger partial charge on any atom is 0.256 e. The monoisotopic (exact) mass is 406 g/mol. The van der Waals surface area contributed by atoms with E-state index in [0.29, 0.717) is 20.2 Å². The highest BCUT2D eigenvalue weighted by molar-refractivity contribution is 8.03. The summed E-state index contributed by atoms with van der Waals surface area (Å²) in [5.41, 5.74) is 0.358. The van der Waals surface area contributed by atoms with Gasteiger partial charge in [0.2, 0.25) is 10.0 Å². The quantitative estimate of drug-likeness (QED) is 0.688. The van der Waals surface area contributed by atoms with Crippen LogP contribution in [0.5, 0.6) is 11.5 Å². The predicted molar refractivity (Wildman–Crippen MR) is 94.0 cm³/mol. The molecule has 11 heteroatoms. The van der Waals surface area contributed by atoms with Crippen LogP contribution in [0.15, 0.2) is 28.5 Å². The summed E-state index contributed by atoms with van der Waals surface area (Å²) in [7, 11) is -5.61. The third kappa shape index (κ3) is 4.29. The molecule has 0 bridgehead atoms. The second kappa shape index (κ2) is 7.28. The molecule has 0 atom stereocenters. The zero-order valence-electron chi connectivity index (χ0n) is 14.1. The van der Waals surface area contributed by atoms with Gasteiger partial charge in [-0.2, -0.15) is 0 Å². The Bertz CT molecular complexity index is 966. The van der Waals surface area contributed by atoms with Crippen molar-refractivity contribution in [3.63, 3.8) is 0 Å². The molecule has 8 nitrogen and oxygen atoms in total. The standard InChI is InChI=1S/C14H18N2O6S3/c1-10-15-11(9-23-10)8-16(24(4,17)18)25(19,20)12-5-6-13(21-2)14(7-12)22-3/h5-7,9H,8H2,1-4H3. The van der Waals surface area contributed by atoms with Crippen molar-refractivity contribution in [3.05, 3.63) is 34.3 Å². The van der Waals surface area contributed by atoms with Crippen molar-refractivity contribution in [3.8, 4) is 11.5 Å². The molecule has 0 aliphatic carbocycles. The topological polar surface area (TPSA) is 103 Å². The number of aromatic nitrogens is 1. The third-order valence-electron chi connectivity index (χ3n) is 3.25. The number of sulfonamides is 2. The molecule has 2 rings (SSSR count). The van der Waals surface area contributed by atoms with Gasteiger partial charge in [-0.1, -0.05) is 3.71 Å². The van der Waals surface area contributed by atoms with Gasteiger partial charge >= 0.3 is 0 Å². The van der Waals surface area contributed by atoms with E-state index in [-0.39, 0.29) is 17.2 Å². The van der Waals surface area contributed by atoms with Crippen LogP contribution < -0.4 is 9.47 Å². The Morgan fingerprint density at radius 2 is 1.76 bits per heavy atom. The van der Waals surface area contributed by atoms with E-state index in [1.807, 2.05) is 0 Å². The first-order valence-corrected chi connectivity index (χ1v) is 11.1. The summed E-state index contributed by atoms with van der Waals surface area (Å²) in [6, 6.07) is 3.89. The maximum atomic E-state index is 12.9. The van der Waals surface area contributed by atoms with E-state index in [9.17, 15) is 16.8 Å². The fourth-order valence-corrected chi connectivity index (χ4v) is 5.78. The minimum atomic E-state index is -4.33. The van der Waals surface area contributed by atoms with Crippen LogP contribution >= 0.6 is 11.3 Å². The second-order valence-electron chi connectivity index (χ2n) is 5.07. The van der Waals surface area contributed by atoms with E-state index in [2.05, 4.69) is 4.98 Å². The number of aryl methyl sites for hydroxylation is 1. The number of hydrogen-bond acceptors (Lipinski definition) is 8. The van der Waals surface area contributed by atoms with E-state index in [1.165, 1.54) is 43.8 Å². The zero-order chi connectivity index (χ0) is 18.8. The van der Waals surface area contributed by atoms with Crippen LogP contribution in [0.4, 0.5) is 0 Å². The molecular formula is C14H18N2O6S3. The van der Waals surface area contributed by atoms with Crippen molar-refractivity contribution in [1.29, 1.82) is 0 Å². The van der Waals surface area contributed by atoms with Crippen molar-refractivity contribution in [1.82, 2.24) is 8.69 Å². The molecular weight excluding hydrogens is 388 g/mol. The van der Waals surface area contributed by atoms with Gasteiger partial charge in [-0.05, 0) is 19.1 Å². The molecule has 0 fully saturated rings. The minimum Gasteiger partial charge on any atom is -0.493 e. The van der Waals surface area contributed by atoms with Crippen LogP contribution in [0.25, 0.3) is 0 Å². The van der Waals surface area contributed by atoms with Gasteiger partial charge in [-0.15, -0.1) is 11.3 Å². The molecule has 0 N–H and O–H groups in total. The fourth-order valence-electron chi connectivity index (χ4n) is 2.09. The summed E-state index contributed by atoms with van der Waals surface area (Å²) in [4.78, 5) is 3.92. The first-order valence-electron chi connectivity index (χ1n) is 6.95. The molecule has 0 amide bonds. The summed E-state index contributed by atoms with van der Waals surface area (Å²) in [6.07, 6.45) is 0.838. The third-order valence-corrected chi connectivity index (χ3v) is 7.86. The number of rotatable bonds is 7. The molecule has 1 heterocycles. The Balaban J connectivity index is 2.52. The van der Waals surface area contributed by atoms with Crippen LogP contribution in [0.3, 0.4) is 0 Å². The van der Waals surface area contributed by atoms with Gasteiger partial charge in [0.05, 0.1) is 42.6 Å². The molecule has 25 heavy (non-hydrogen) atoms. The minimum absolute atomic E-state index is 0.182. The molecule has 0 aliphatic heterocycles. The second-order valence-corrected chi connectivity index (χ2v) is 10.1. The summed E-state index contributed by atoms with van der Waals surface area (Å²) >= 11 is 1.31. The Labute approximate surface area is 151 Å². The van der Waals surface area contributed by atoms with Gasteiger partial charge in [0, 0.05) is 11.4 Å². The van der Waals surface area contributed by atoms with Gasteiger partial charge < -0.3 is 9.47 Å². The number of methoxy groups -OCH3 is 2. The molecule has 0 aliphatic rings. The van der Waals surface area contributed by atoms with Gasteiger partial charge in [0.1, 0.15) is 0 Å². The number of ether oxygens (including phenoxy) is 2. The molecule has 1 aromatic heterocycles. The highest BCUT2D eigenvalue weighted by Crippen LogP contribution is 2.31. The summed E-state index contributed by atoms with van der Waals surface area (Å²) < 4.78 is 60.6. The normalized spacial score (nSPS) is 12.4. The van der Waals surface area contributed by atoms with Crippen molar-refractivity contribution in [2.24, 2.45) is 0 Å². The largest absolute Gasteiger partial charge is 0.493 e. The van der Waals surface area contributed by atoms with E-state index >= 15 is 0 Å². The lowest BCUT2D eigenvalue weighted by Crippen LogP contribution is -2.35. The lowest BCUT2D eigenvalue weighted by atomic mass is 10.3. The number of thiazole rings is 1. The fraction of sp³-hybridized carbons (Fsp3) is 0.357. The molecule has 1 aromatic carbocycles. The highest BCUT2D eigenvalue weighted by Gasteiger charge is 2.33. The molecule has 0 spiro atoms. The maximum absolute atomic E-state index is 12.9. The lowest BCUT2D eigenvalue weighted by molar-refractivity contribution is 0.353. The van der Waals surface area contributed by atoms with Crippen molar-refractivity contribution < 1.29 is 26.3 Å². The van der Waals surface area contributed by atoms with E-state index in [0.717, 1.165) is 6.26 Å². The lowest BCUT2D eigenvalue weighted by Gasteiger charge is -2.19. The van der Waals surface area contributed by atoms with E-state index in [1.54, 1.807) is 12.3 Å². The molecule has 138 valence electrons. The molecule has 0 radical (unpaired) electrons. The van der Waals surface area contributed by atoms with Crippen LogP contribution in [-0.4, -0.2) is 46.0 Å². The van der Waals surface area contributed by atoms with Crippen LogP contribution in [0.1, 0.15) is 10.7 Å². The number of benzene rings is 1. The van der Waals surface area contributed by atoms with E-state index < -0.39 is 20.0 Å². The van der Waals surface area contributed by atoms with Gasteiger partial charge in [-0.25, -0.2) is 21.8 Å². The molecule has 0 saturated carbocycles. The van der Waals surface area contributed by atoms with Crippen molar-refractivity contribution in [2.75, 3.05) is 20.5 Å². The van der Waals surface area contributed by atoms with E-state index in [4.69, 9.17) is 9.47 Å². The summed E-state index contributed by atoms with van der Waals surface area (Å²) in [5, 5.41) is 2.34. The highest BCUT2D eigenvalue weighted by atomic mass is 32.3. The Hall–Kier alpha value is -1.69.